The van der Waals surface area contributed by atoms with Gasteiger partial charge in [0.05, 0.1) is 25.8 Å². The van der Waals surface area contributed by atoms with E-state index in [0.717, 1.165) is 36.3 Å². The van der Waals surface area contributed by atoms with E-state index in [2.05, 4.69) is 18.2 Å². The van der Waals surface area contributed by atoms with Gasteiger partial charge < -0.3 is 4.90 Å². The van der Waals surface area contributed by atoms with Gasteiger partial charge in [0.25, 0.3) is 5.91 Å². The summed E-state index contributed by atoms with van der Waals surface area (Å²) in [6.07, 6.45) is 3.90. The summed E-state index contributed by atoms with van der Waals surface area (Å²) in [6, 6.07) is 13.9. The molecule has 0 radical (unpaired) electrons. The third-order valence-corrected chi connectivity index (χ3v) is 7.10. The number of carbonyl (C=O) groups excluding carboxylic acids is 1. The van der Waals surface area contributed by atoms with Crippen molar-refractivity contribution in [2.75, 3.05) is 19.3 Å². The van der Waals surface area contributed by atoms with Crippen molar-refractivity contribution in [1.29, 1.82) is 0 Å². The highest BCUT2D eigenvalue weighted by atomic mass is 35.5. The van der Waals surface area contributed by atoms with Crippen LogP contribution in [0.2, 0.25) is 5.02 Å². The van der Waals surface area contributed by atoms with Gasteiger partial charge in [-0.25, -0.2) is 4.98 Å². The van der Waals surface area contributed by atoms with Crippen molar-refractivity contribution in [3.05, 3.63) is 58.1 Å². The molecule has 1 aliphatic rings. The molecule has 0 spiro atoms. The normalized spacial score (nSPS) is 15.5. The first-order chi connectivity index (χ1) is 12.7. The van der Waals surface area contributed by atoms with Crippen LogP contribution in [-0.4, -0.2) is 35.1 Å². The van der Waals surface area contributed by atoms with Crippen LogP contribution >= 0.6 is 34.7 Å². The molecule has 1 saturated heterocycles. The summed E-state index contributed by atoms with van der Waals surface area (Å²) in [5.74, 6) is 0.470. The SMILES string of the molecule is CSc1ccc(Cl)c(C(=O)N2CCC(c3nc4ccccc4s3)CC2)c1. The van der Waals surface area contributed by atoms with E-state index >= 15 is 0 Å². The maximum Gasteiger partial charge on any atom is 0.255 e. The van der Waals surface area contributed by atoms with Crippen molar-refractivity contribution < 1.29 is 4.79 Å². The van der Waals surface area contributed by atoms with Gasteiger partial charge >= 0.3 is 0 Å². The summed E-state index contributed by atoms with van der Waals surface area (Å²) in [5.41, 5.74) is 1.68. The summed E-state index contributed by atoms with van der Waals surface area (Å²) in [4.78, 5) is 20.7. The highest BCUT2D eigenvalue weighted by Gasteiger charge is 2.27. The van der Waals surface area contributed by atoms with Gasteiger partial charge in [0, 0.05) is 23.9 Å². The smallest absolute Gasteiger partial charge is 0.255 e. The minimum Gasteiger partial charge on any atom is -0.339 e. The molecule has 26 heavy (non-hydrogen) atoms. The van der Waals surface area contributed by atoms with Crippen LogP contribution in [-0.2, 0) is 0 Å². The highest BCUT2D eigenvalue weighted by molar-refractivity contribution is 7.98. The van der Waals surface area contributed by atoms with E-state index in [-0.39, 0.29) is 5.91 Å². The number of likely N-dealkylation sites (tertiary alicyclic amines) is 1. The fraction of sp³-hybridized carbons (Fsp3) is 0.300. The lowest BCUT2D eigenvalue weighted by molar-refractivity contribution is 0.0713. The van der Waals surface area contributed by atoms with Crippen molar-refractivity contribution in [3.63, 3.8) is 0 Å². The Labute approximate surface area is 166 Å². The Kier molecular flexibility index (Phi) is 5.20. The van der Waals surface area contributed by atoms with Crippen LogP contribution in [0.5, 0.6) is 0 Å². The number of carbonyl (C=O) groups is 1. The van der Waals surface area contributed by atoms with E-state index in [9.17, 15) is 4.79 Å². The number of nitrogens with zero attached hydrogens (tertiary/aromatic N) is 2. The van der Waals surface area contributed by atoms with Crippen molar-refractivity contribution in [1.82, 2.24) is 9.88 Å². The fourth-order valence-electron chi connectivity index (χ4n) is 3.36. The molecule has 134 valence electrons. The molecule has 4 rings (SSSR count). The second-order valence-electron chi connectivity index (χ2n) is 6.43. The average Bonchev–Trinajstić information content (AvgIpc) is 3.12. The highest BCUT2D eigenvalue weighted by Crippen LogP contribution is 2.34. The number of rotatable bonds is 3. The third kappa shape index (κ3) is 3.48. The van der Waals surface area contributed by atoms with Gasteiger partial charge in [-0.05, 0) is 49.4 Å². The Balaban J connectivity index is 1.47. The molecule has 1 aromatic heterocycles. The maximum atomic E-state index is 12.9. The first-order valence-electron chi connectivity index (χ1n) is 8.64. The Hall–Kier alpha value is -1.56. The van der Waals surface area contributed by atoms with Crippen molar-refractivity contribution in [2.45, 2.75) is 23.7 Å². The number of benzene rings is 2. The van der Waals surface area contributed by atoms with E-state index < -0.39 is 0 Å². The first-order valence-corrected chi connectivity index (χ1v) is 11.1. The van der Waals surface area contributed by atoms with Crippen LogP contribution in [0.4, 0.5) is 0 Å². The second-order valence-corrected chi connectivity index (χ2v) is 8.78. The molecule has 1 fully saturated rings. The van der Waals surface area contributed by atoms with Crippen molar-refractivity contribution >= 4 is 50.8 Å². The van der Waals surface area contributed by atoms with Gasteiger partial charge in [-0.2, -0.15) is 0 Å². The van der Waals surface area contributed by atoms with Crippen LogP contribution in [0.15, 0.2) is 47.4 Å². The lowest BCUT2D eigenvalue weighted by atomic mass is 9.97. The predicted octanol–water partition coefficient (Wildman–Crippen LogP) is 5.69. The fourth-order valence-corrected chi connectivity index (χ4v) is 5.13. The average molecular weight is 403 g/mol. The minimum absolute atomic E-state index is 0.0358. The van der Waals surface area contributed by atoms with Crippen LogP contribution in [0, 0.1) is 0 Å². The lowest BCUT2D eigenvalue weighted by Crippen LogP contribution is -2.38. The summed E-state index contributed by atoms with van der Waals surface area (Å²) in [7, 11) is 0. The molecule has 2 heterocycles. The van der Waals surface area contributed by atoms with Gasteiger partial charge in [0.2, 0.25) is 0 Å². The molecule has 1 aliphatic heterocycles. The second kappa shape index (κ2) is 7.59. The number of para-hydroxylation sites is 1. The van der Waals surface area contributed by atoms with Gasteiger partial charge in [-0.3, -0.25) is 4.79 Å². The number of piperidine rings is 1. The summed E-state index contributed by atoms with van der Waals surface area (Å²) in [5, 5.41) is 1.72. The summed E-state index contributed by atoms with van der Waals surface area (Å²) < 4.78 is 1.24. The predicted molar refractivity (Wildman–Crippen MR) is 111 cm³/mol. The van der Waals surface area contributed by atoms with E-state index in [1.807, 2.05) is 35.4 Å². The number of fused-ring (bicyclic) bond motifs is 1. The Bertz CT molecular complexity index is 915. The lowest BCUT2D eigenvalue weighted by Gasteiger charge is -2.31. The molecule has 1 amide bonds. The number of halogens is 1. The van der Waals surface area contributed by atoms with E-state index in [1.165, 1.54) is 9.71 Å². The Morgan fingerprint density at radius 2 is 2.00 bits per heavy atom. The minimum atomic E-state index is 0.0358. The van der Waals surface area contributed by atoms with E-state index in [4.69, 9.17) is 16.6 Å². The monoisotopic (exact) mass is 402 g/mol. The number of amides is 1. The largest absolute Gasteiger partial charge is 0.339 e. The molecule has 3 aromatic rings. The standard InChI is InChI=1S/C20H19ClN2OS2/c1-25-14-6-7-16(21)15(12-14)20(24)23-10-8-13(9-11-23)19-22-17-4-2-3-5-18(17)26-19/h2-7,12-13H,8-11H2,1H3. The van der Waals surface area contributed by atoms with Crippen LogP contribution in [0.25, 0.3) is 10.2 Å². The molecular formula is C20H19ClN2OS2. The molecule has 0 unspecified atom stereocenters. The molecule has 0 atom stereocenters. The van der Waals surface area contributed by atoms with Gasteiger partial charge in [-0.1, -0.05) is 23.7 Å². The van der Waals surface area contributed by atoms with Crippen molar-refractivity contribution in [3.8, 4) is 0 Å². The van der Waals surface area contributed by atoms with Crippen LogP contribution in [0.3, 0.4) is 0 Å². The Morgan fingerprint density at radius 1 is 1.23 bits per heavy atom. The molecule has 3 nitrogen and oxygen atoms in total. The van der Waals surface area contributed by atoms with Crippen LogP contribution in [0.1, 0.15) is 34.1 Å². The summed E-state index contributed by atoms with van der Waals surface area (Å²) in [6.45, 7) is 1.50. The summed E-state index contributed by atoms with van der Waals surface area (Å²) >= 11 is 9.67. The number of thiazole rings is 1. The van der Waals surface area contributed by atoms with Gasteiger partial charge in [0.1, 0.15) is 0 Å². The first kappa shape index (κ1) is 17.8. The quantitative estimate of drug-likeness (QED) is 0.527. The number of aromatic nitrogens is 1. The molecule has 0 saturated carbocycles. The zero-order valence-corrected chi connectivity index (χ0v) is 16.8. The van der Waals surface area contributed by atoms with Gasteiger partial charge in [-0.15, -0.1) is 23.1 Å². The number of hydrogen-bond acceptors (Lipinski definition) is 4. The maximum absolute atomic E-state index is 12.9. The molecule has 6 heteroatoms. The van der Waals surface area contributed by atoms with Crippen LogP contribution < -0.4 is 0 Å². The molecule has 2 aromatic carbocycles. The van der Waals surface area contributed by atoms with Gasteiger partial charge in [0.15, 0.2) is 0 Å². The molecule has 0 N–H and O–H groups in total. The van der Waals surface area contributed by atoms with Crippen molar-refractivity contribution in [2.24, 2.45) is 0 Å². The van der Waals surface area contributed by atoms with E-state index in [1.54, 1.807) is 23.1 Å². The zero-order chi connectivity index (χ0) is 18.1. The number of hydrogen-bond donors (Lipinski definition) is 0. The molecular weight excluding hydrogens is 384 g/mol. The number of thioether (sulfide) groups is 1. The van der Waals surface area contributed by atoms with E-state index in [0.29, 0.717) is 16.5 Å². The molecule has 0 aliphatic carbocycles. The topological polar surface area (TPSA) is 33.2 Å². The molecule has 0 bridgehead atoms. The Morgan fingerprint density at radius 3 is 2.73 bits per heavy atom. The zero-order valence-electron chi connectivity index (χ0n) is 14.4. The third-order valence-electron chi connectivity index (χ3n) is 4.85.